The Kier molecular flexibility index (Phi) is 5.16. The molecular weight excluding hydrogens is 348 g/mol. The summed E-state index contributed by atoms with van der Waals surface area (Å²) in [5.74, 6) is -0.271. The van der Waals surface area contributed by atoms with Crippen molar-refractivity contribution in [3.8, 4) is 0 Å². The lowest BCUT2D eigenvalue weighted by Gasteiger charge is -2.19. The molecule has 1 aromatic carbocycles. The molecular formula is C19H24N4O4. The van der Waals surface area contributed by atoms with Crippen molar-refractivity contribution in [2.24, 2.45) is 5.92 Å². The number of benzene rings is 1. The average molecular weight is 372 g/mol. The van der Waals surface area contributed by atoms with E-state index in [1.165, 1.54) is 6.07 Å². The van der Waals surface area contributed by atoms with Gasteiger partial charge in [0.25, 0.3) is 11.5 Å². The van der Waals surface area contributed by atoms with Crippen LogP contribution in [0, 0.1) is 5.92 Å². The minimum Gasteiger partial charge on any atom is -0.347 e. The summed E-state index contributed by atoms with van der Waals surface area (Å²) in [5, 5.41) is 3.29. The van der Waals surface area contributed by atoms with Gasteiger partial charge >= 0.3 is 5.69 Å². The van der Waals surface area contributed by atoms with Gasteiger partial charge < -0.3 is 15.2 Å². The first-order chi connectivity index (χ1) is 12.8. The summed E-state index contributed by atoms with van der Waals surface area (Å²) in [5.41, 5.74) is -0.168. The Morgan fingerprint density at radius 1 is 1.30 bits per heavy atom. The predicted octanol–water partition coefficient (Wildman–Crippen LogP) is 0.696. The van der Waals surface area contributed by atoms with Crippen molar-refractivity contribution in [1.29, 1.82) is 0 Å². The van der Waals surface area contributed by atoms with Gasteiger partial charge in [0.15, 0.2) is 0 Å². The summed E-state index contributed by atoms with van der Waals surface area (Å²) in [6.07, 6.45) is 0.704. The number of aromatic nitrogens is 2. The number of carbonyl (C=O) groups excluding carboxylic acids is 2. The summed E-state index contributed by atoms with van der Waals surface area (Å²) in [6.45, 7) is 6.84. The fourth-order valence-electron chi connectivity index (χ4n) is 3.40. The Labute approximate surface area is 156 Å². The van der Waals surface area contributed by atoms with E-state index >= 15 is 0 Å². The first kappa shape index (κ1) is 18.9. The number of hydrogen-bond acceptors (Lipinski definition) is 4. The molecule has 1 aliphatic rings. The fourth-order valence-corrected chi connectivity index (χ4v) is 3.40. The molecule has 1 saturated heterocycles. The normalized spacial score (nSPS) is 16.9. The molecule has 8 heteroatoms. The van der Waals surface area contributed by atoms with Crippen molar-refractivity contribution < 1.29 is 9.59 Å². The van der Waals surface area contributed by atoms with Gasteiger partial charge in [-0.2, -0.15) is 0 Å². The molecule has 0 spiro atoms. The monoisotopic (exact) mass is 372 g/mol. The van der Waals surface area contributed by atoms with E-state index in [4.69, 9.17) is 0 Å². The molecule has 2 heterocycles. The van der Waals surface area contributed by atoms with Crippen LogP contribution < -0.4 is 16.6 Å². The fraction of sp³-hybridized carbons (Fsp3) is 0.474. The maximum Gasteiger partial charge on any atom is 0.328 e. The molecule has 1 atom stereocenters. The first-order valence-electron chi connectivity index (χ1n) is 9.18. The lowest BCUT2D eigenvalue weighted by molar-refractivity contribution is -0.133. The SMILES string of the molecule is CCn1c(=O)[nH]c2cc(C(=O)NC3CCN(C(=O)C(C)C)C3)ccc2c1=O. The highest BCUT2D eigenvalue weighted by molar-refractivity contribution is 5.97. The number of H-pyrrole nitrogens is 1. The molecule has 1 aromatic heterocycles. The number of rotatable bonds is 4. The summed E-state index contributed by atoms with van der Waals surface area (Å²) in [6, 6.07) is 4.53. The summed E-state index contributed by atoms with van der Waals surface area (Å²) in [7, 11) is 0. The van der Waals surface area contributed by atoms with Gasteiger partial charge in [-0.05, 0) is 31.5 Å². The summed E-state index contributed by atoms with van der Waals surface area (Å²) >= 11 is 0. The van der Waals surface area contributed by atoms with Crippen LogP contribution in [0.25, 0.3) is 10.9 Å². The van der Waals surface area contributed by atoms with Gasteiger partial charge in [-0.15, -0.1) is 0 Å². The number of fused-ring (bicyclic) bond motifs is 1. The van der Waals surface area contributed by atoms with Crippen LogP contribution in [-0.2, 0) is 11.3 Å². The van der Waals surface area contributed by atoms with Crippen LogP contribution >= 0.6 is 0 Å². The van der Waals surface area contributed by atoms with Gasteiger partial charge in [-0.25, -0.2) is 4.79 Å². The third-order valence-corrected chi connectivity index (χ3v) is 4.89. The zero-order valence-electron chi connectivity index (χ0n) is 15.7. The van der Waals surface area contributed by atoms with Gasteiger partial charge in [-0.1, -0.05) is 13.8 Å². The third-order valence-electron chi connectivity index (χ3n) is 4.89. The van der Waals surface area contributed by atoms with E-state index in [9.17, 15) is 19.2 Å². The molecule has 27 heavy (non-hydrogen) atoms. The predicted molar refractivity (Wildman–Crippen MR) is 102 cm³/mol. The van der Waals surface area contributed by atoms with Gasteiger partial charge in [-0.3, -0.25) is 19.0 Å². The Balaban J connectivity index is 1.78. The van der Waals surface area contributed by atoms with Crippen molar-refractivity contribution in [3.63, 3.8) is 0 Å². The van der Waals surface area contributed by atoms with Crippen molar-refractivity contribution in [1.82, 2.24) is 19.8 Å². The van der Waals surface area contributed by atoms with Crippen LogP contribution in [0.3, 0.4) is 0 Å². The zero-order valence-corrected chi connectivity index (χ0v) is 15.7. The number of hydrogen-bond donors (Lipinski definition) is 2. The van der Waals surface area contributed by atoms with Crippen molar-refractivity contribution >= 4 is 22.7 Å². The maximum absolute atomic E-state index is 12.6. The molecule has 1 aliphatic heterocycles. The number of nitrogens with zero attached hydrogens (tertiary/aromatic N) is 2. The summed E-state index contributed by atoms with van der Waals surface area (Å²) < 4.78 is 1.11. The minimum absolute atomic E-state index is 0.0658. The Morgan fingerprint density at radius 2 is 2.04 bits per heavy atom. The molecule has 1 unspecified atom stereocenters. The standard InChI is InChI=1S/C19H24N4O4/c1-4-23-18(26)14-6-5-12(9-15(14)21-19(23)27)16(24)20-13-7-8-22(10-13)17(25)11(2)3/h5-6,9,11,13H,4,7-8,10H2,1-3H3,(H,20,24)(H,21,27). The number of amides is 2. The minimum atomic E-state index is -0.494. The van der Waals surface area contributed by atoms with Gasteiger partial charge in [0, 0.05) is 37.2 Å². The quantitative estimate of drug-likeness (QED) is 0.824. The van der Waals surface area contributed by atoms with Crippen LogP contribution in [0.1, 0.15) is 37.6 Å². The lowest BCUT2D eigenvalue weighted by atomic mass is 10.1. The Morgan fingerprint density at radius 3 is 2.70 bits per heavy atom. The van der Waals surface area contributed by atoms with Crippen LogP contribution in [0.15, 0.2) is 27.8 Å². The Bertz CT molecular complexity index is 1000. The van der Waals surface area contributed by atoms with Crippen LogP contribution in [0.5, 0.6) is 0 Å². The van der Waals surface area contributed by atoms with E-state index in [2.05, 4.69) is 10.3 Å². The molecule has 2 aromatic rings. The van der Waals surface area contributed by atoms with Crippen LogP contribution in [0.2, 0.25) is 0 Å². The van der Waals surface area contributed by atoms with Crippen molar-refractivity contribution in [2.75, 3.05) is 13.1 Å². The number of likely N-dealkylation sites (tertiary alicyclic amines) is 1. The molecule has 144 valence electrons. The van der Waals surface area contributed by atoms with Crippen molar-refractivity contribution in [2.45, 2.75) is 39.8 Å². The molecule has 0 saturated carbocycles. The van der Waals surface area contributed by atoms with E-state index < -0.39 is 5.69 Å². The molecule has 1 fully saturated rings. The van der Waals surface area contributed by atoms with Gasteiger partial charge in [0.1, 0.15) is 0 Å². The third kappa shape index (κ3) is 3.65. The maximum atomic E-state index is 12.6. The van der Waals surface area contributed by atoms with Gasteiger partial charge in [0.2, 0.25) is 5.91 Å². The molecule has 3 rings (SSSR count). The lowest BCUT2D eigenvalue weighted by Crippen LogP contribution is -2.39. The smallest absolute Gasteiger partial charge is 0.328 e. The van der Waals surface area contributed by atoms with Gasteiger partial charge in [0.05, 0.1) is 10.9 Å². The largest absolute Gasteiger partial charge is 0.347 e. The average Bonchev–Trinajstić information content (AvgIpc) is 3.09. The number of aromatic amines is 1. The molecule has 0 radical (unpaired) electrons. The molecule has 0 aliphatic carbocycles. The second-order valence-electron chi connectivity index (χ2n) is 7.14. The van der Waals surface area contributed by atoms with E-state index in [1.54, 1.807) is 24.0 Å². The first-order valence-corrected chi connectivity index (χ1v) is 9.18. The second kappa shape index (κ2) is 7.38. The number of nitrogens with one attached hydrogen (secondary N) is 2. The molecule has 2 N–H and O–H groups in total. The second-order valence-corrected chi connectivity index (χ2v) is 7.14. The number of carbonyl (C=O) groups is 2. The zero-order chi connectivity index (χ0) is 19.7. The van der Waals surface area contributed by atoms with E-state index in [0.717, 1.165) is 4.57 Å². The topological polar surface area (TPSA) is 104 Å². The highest BCUT2D eigenvalue weighted by atomic mass is 16.2. The Hall–Kier alpha value is -2.90. The van der Waals surface area contributed by atoms with E-state index in [0.29, 0.717) is 36.0 Å². The molecule has 2 amide bonds. The van der Waals surface area contributed by atoms with E-state index in [1.807, 2.05) is 13.8 Å². The van der Waals surface area contributed by atoms with Crippen LogP contribution in [0.4, 0.5) is 0 Å². The molecule has 0 bridgehead atoms. The van der Waals surface area contributed by atoms with E-state index in [-0.39, 0.29) is 35.9 Å². The van der Waals surface area contributed by atoms with Crippen molar-refractivity contribution in [3.05, 3.63) is 44.6 Å². The molecule has 8 nitrogen and oxygen atoms in total. The summed E-state index contributed by atoms with van der Waals surface area (Å²) in [4.78, 5) is 53.3. The highest BCUT2D eigenvalue weighted by Gasteiger charge is 2.28. The van der Waals surface area contributed by atoms with Crippen LogP contribution in [-0.4, -0.2) is 45.4 Å². The highest BCUT2D eigenvalue weighted by Crippen LogP contribution is 2.14.